The third-order valence-corrected chi connectivity index (χ3v) is 8.84. The van der Waals surface area contributed by atoms with Gasteiger partial charge in [-0.2, -0.15) is 0 Å². The Bertz CT molecular complexity index is 855. The lowest BCUT2D eigenvalue weighted by atomic mass is 9.44. The van der Waals surface area contributed by atoms with Gasteiger partial charge in [0, 0.05) is 0 Å². The van der Waals surface area contributed by atoms with Gasteiger partial charge in [-0.25, -0.2) is 4.79 Å². The first-order valence-corrected chi connectivity index (χ1v) is 12.5. The van der Waals surface area contributed by atoms with Crippen molar-refractivity contribution in [1.29, 1.82) is 0 Å². The van der Waals surface area contributed by atoms with Crippen molar-refractivity contribution in [2.75, 3.05) is 0 Å². The third kappa shape index (κ3) is 3.24. The van der Waals surface area contributed by atoms with Crippen molar-refractivity contribution in [3.05, 3.63) is 11.6 Å². The quantitative estimate of drug-likeness (QED) is 0.219. The maximum Gasteiger partial charge on any atom is 0.343 e. The van der Waals surface area contributed by atoms with E-state index in [-0.39, 0.29) is 18.3 Å². The molecule has 8 nitrogen and oxygen atoms in total. The molecule has 3 heterocycles. The fourth-order valence-corrected chi connectivity index (χ4v) is 6.88. The fourth-order valence-electron chi connectivity index (χ4n) is 6.88. The van der Waals surface area contributed by atoms with Gasteiger partial charge in [0.25, 0.3) is 5.79 Å². The minimum atomic E-state index is -1.60. The van der Waals surface area contributed by atoms with E-state index in [2.05, 4.69) is 19.9 Å². The van der Waals surface area contributed by atoms with Crippen LogP contribution in [0.2, 0.25) is 0 Å². The second-order valence-corrected chi connectivity index (χ2v) is 10.8. The number of carboxylic acids is 1. The van der Waals surface area contributed by atoms with Gasteiger partial charge in [-0.05, 0) is 44.9 Å². The normalized spacial score (nSPS) is 45.5. The summed E-state index contributed by atoms with van der Waals surface area (Å²) < 4.78 is 24.1. The Morgan fingerprint density at radius 2 is 2.03 bits per heavy atom. The maximum absolute atomic E-state index is 12.5. The number of aliphatic hydroxyl groups is 1. The number of aliphatic hydroxyl groups excluding tert-OH is 1. The van der Waals surface area contributed by atoms with Gasteiger partial charge in [0.2, 0.25) is 0 Å². The van der Waals surface area contributed by atoms with Crippen LogP contribution < -0.4 is 0 Å². The summed E-state index contributed by atoms with van der Waals surface area (Å²) in [4.78, 5) is 24.1. The summed E-state index contributed by atoms with van der Waals surface area (Å²) >= 11 is 0. The highest BCUT2D eigenvalue weighted by Gasteiger charge is 2.88. The van der Waals surface area contributed by atoms with Gasteiger partial charge in [0.05, 0.1) is 17.9 Å². The summed E-state index contributed by atoms with van der Waals surface area (Å²) in [6.07, 6.45) is 6.50. The van der Waals surface area contributed by atoms with E-state index in [4.69, 9.17) is 18.9 Å². The Morgan fingerprint density at radius 3 is 2.61 bits per heavy atom. The molecule has 5 rings (SSSR count). The summed E-state index contributed by atoms with van der Waals surface area (Å²) in [6, 6.07) is 0. The molecular weight excluding hydrogens is 428 g/mol. The lowest BCUT2D eigenvalue weighted by Crippen LogP contribution is -2.64. The van der Waals surface area contributed by atoms with Crippen LogP contribution in [0.1, 0.15) is 78.6 Å². The lowest BCUT2D eigenvalue weighted by Gasteiger charge is -2.60. The van der Waals surface area contributed by atoms with Gasteiger partial charge in [-0.3, -0.25) is 4.79 Å². The highest BCUT2D eigenvalue weighted by Crippen LogP contribution is 2.72. The third-order valence-electron chi connectivity index (χ3n) is 8.84. The second kappa shape index (κ2) is 8.04. The standard InChI is InChI=1S/C25H36O8/c1-4-5-6-7-8-9-16(13-18(26)27)30-22-24(15-11-10-14(2)17(24)12-15)19(28)25(33-22)20-23(3,31-20)21(29)32-25/h10,15-17,19-20,22,28H,4-9,11-13H2,1-3H3,(H,26,27)/t15?,16-,17?,19-,20-,22-,23+,24+,25+/m1/s1. The number of hydrogen-bond acceptors (Lipinski definition) is 7. The number of hydrogen-bond donors (Lipinski definition) is 2. The molecule has 2 N–H and O–H groups in total. The van der Waals surface area contributed by atoms with Gasteiger partial charge >= 0.3 is 11.9 Å². The average Bonchev–Trinajstić information content (AvgIpc) is 3.33. The molecule has 0 aromatic heterocycles. The minimum Gasteiger partial charge on any atom is -0.481 e. The Hall–Kier alpha value is -1.48. The van der Waals surface area contributed by atoms with Crippen molar-refractivity contribution < 1.29 is 38.7 Å². The maximum atomic E-state index is 12.5. The predicted octanol–water partition coefficient (Wildman–Crippen LogP) is 3.31. The molecule has 3 aliphatic heterocycles. The first-order chi connectivity index (χ1) is 15.7. The van der Waals surface area contributed by atoms with E-state index in [1.165, 1.54) is 5.57 Å². The molecule has 3 saturated heterocycles. The molecule has 9 atom stereocenters. The van der Waals surface area contributed by atoms with E-state index >= 15 is 0 Å². The minimum absolute atomic E-state index is 0.0370. The van der Waals surface area contributed by atoms with Crippen LogP contribution in [-0.4, -0.2) is 58.1 Å². The van der Waals surface area contributed by atoms with Gasteiger partial charge in [-0.15, -0.1) is 0 Å². The van der Waals surface area contributed by atoms with Crippen LogP contribution in [0.15, 0.2) is 11.6 Å². The van der Waals surface area contributed by atoms with Crippen LogP contribution in [0.25, 0.3) is 0 Å². The Kier molecular flexibility index (Phi) is 5.67. The van der Waals surface area contributed by atoms with Crippen LogP contribution >= 0.6 is 0 Å². The zero-order chi connectivity index (χ0) is 23.6. The molecule has 0 radical (unpaired) electrons. The molecule has 5 aliphatic rings. The molecule has 33 heavy (non-hydrogen) atoms. The molecular formula is C25H36O8. The summed E-state index contributed by atoms with van der Waals surface area (Å²) in [5, 5.41) is 21.2. The SMILES string of the molecule is CCCCCCC[C@H](CC(=O)O)O[C@@H]1O[C@@]2(OC(=O)[C@@]3(C)O[C@@H]23)[C@H](O)[C@@]12C1CC=C(C)C2C1. The van der Waals surface area contributed by atoms with Crippen LogP contribution in [0, 0.1) is 17.3 Å². The summed E-state index contributed by atoms with van der Waals surface area (Å²) in [7, 11) is 0. The van der Waals surface area contributed by atoms with E-state index < -0.39 is 53.3 Å². The molecule has 2 aliphatic carbocycles. The van der Waals surface area contributed by atoms with E-state index in [0.29, 0.717) is 6.42 Å². The lowest BCUT2D eigenvalue weighted by molar-refractivity contribution is -0.296. The molecule has 8 heteroatoms. The molecule has 4 fully saturated rings. The molecule has 2 bridgehead atoms. The van der Waals surface area contributed by atoms with Crippen LogP contribution in [0.4, 0.5) is 0 Å². The van der Waals surface area contributed by atoms with E-state index in [9.17, 15) is 19.8 Å². The van der Waals surface area contributed by atoms with Crippen molar-refractivity contribution in [3.63, 3.8) is 0 Å². The van der Waals surface area contributed by atoms with E-state index in [1.807, 2.05) is 0 Å². The number of carbonyl (C=O) groups is 2. The Labute approximate surface area is 194 Å². The zero-order valence-electron chi connectivity index (χ0n) is 19.7. The number of ether oxygens (including phenoxy) is 4. The number of epoxide rings is 1. The second-order valence-electron chi connectivity index (χ2n) is 10.8. The van der Waals surface area contributed by atoms with Crippen molar-refractivity contribution in [3.8, 4) is 0 Å². The molecule has 2 unspecified atom stereocenters. The number of carboxylic acid groups (broad SMARTS) is 1. The molecule has 184 valence electrons. The van der Waals surface area contributed by atoms with Gasteiger partial charge in [-0.1, -0.05) is 50.7 Å². The number of carbonyl (C=O) groups excluding carboxylic acids is 1. The molecule has 0 aromatic carbocycles. The number of fused-ring (bicyclic) bond motifs is 2. The summed E-state index contributed by atoms with van der Waals surface area (Å²) in [6.45, 7) is 5.87. The largest absolute Gasteiger partial charge is 0.481 e. The zero-order valence-corrected chi connectivity index (χ0v) is 19.7. The number of allylic oxidation sites excluding steroid dienone is 2. The summed E-state index contributed by atoms with van der Waals surface area (Å²) in [5.74, 6) is -2.90. The first-order valence-electron chi connectivity index (χ1n) is 12.5. The predicted molar refractivity (Wildman–Crippen MR) is 116 cm³/mol. The van der Waals surface area contributed by atoms with Crippen LogP contribution in [0.5, 0.6) is 0 Å². The number of rotatable bonds is 10. The first kappa shape index (κ1) is 23.3. The fraction of sp³-hybridized carbons (Fsp3) is 0.840. The van der Waals surface area contributed by atoms with Crippen molar-refractivity contribution in [2.45, 2.75) is 115 Å². The number of aliphatic carboxylic acids is 1. The Balaban J connectivity index is 1.40. The number of esters is 1. The van der Waals surface area contributed by atoms with Crippen LogP contribution in [0.3, 0.4) is 0 Å². The summed E-state index contributed by atoms with van der Waals surface area (Å²) in [5.41, 5.74) is -0.695. The topological polar surface area (TPSA) is 115 Å². The monoisotopic (exact) mass is 464 g/mol. The number of unbranched alkanes of at least 4 members (excludes halogenated alkanes) is 4. The van der Waals surface area contributed by atoms with E-state index in [1.54, 1.807) is 6.92 Å². The van der Waals surface area contributed by atoms with Crippen molar-refractivity contribution in [1.82, 2.24) is 0 Å². The highest BCUT2D eigenvalue weighted by molar-refractivity contribution is 5.87. The van der Waals surface area contributed by atoms with Crippen molar-refractivity contribution in [2.24, 2.45) is 17.3 Å². The molecule has 0 amide bonds. The van der Waals surface area contributed by atoms with E-state index in [0.717, 1.165) is 44.9 Å². The molecule has 1 saturated carbocycles. The van der Waals surface area contributed by atoms with Gasteiger partial charge < -0.3 is 29.2 Å². The average molecular weight is 465 g/mol. The van der Waals surface area contributed by atoms with Gasteiger partial charge in [0.15, 0.2) is 18.0 Å². The Morgan fingerprint density at radius 1 is 1.27 bits per heavy atom. The van der Waals surface area contributed by atoms with Crippen molar-refractivity contribution >= 4 is 11.9 Å². The smallest absolute Gasteiger partial charge is 0.343 e. The van der Waals surface area contributed by atoms with Crippen LogP contribution in [-0.2, 0) is 28.5 Å². The van der Waals surface area contributed by atoms with Gasteiger partial charge in [0.1, 0.15) is 6.10 Å². The molecule has 2 spiro atoms. The highest BCUT2D eigenvalue weighted by atomic mass is 16.8. The molecule has 0 aromatic rings.